The maximum absolute atomic E-state index is 3.48. The molecule has 0 spiro atoms. The molecule has 1 nitrogen and oxygen atoms in total. The molecule has 1 N–H and O–H groups in total. The zero-order chi connectivity index (χ0) is 9.52. The Kier molecular flexibility index (Phi) is 5.51. The molecular weight excluding hydrogens is 198 g/mol. The van der Waals surface area contributed by atoms with Gasteiger partial charge in [0.05, 0.1) is 4.21 Å². The van der Waals surface area contributed by atoms with Crippen LogP contribution in [-0.4, -0.2) is 18.3 Å². The van der Waals surface area contributed by atoms with Gasteiger partial charge in [-0.15, -0.1) is 23.1 Å². The molecule has 1 heterocycles. The van der Waals surface area contributed by atoms with E-state index in [0.29, 0.717) is 6.04 Å². The molecule has 0 aliphatic rings. The molecule has 0 aromatic carbocycles. The van der Waals surface area contributed by atoms with Crippen molar-refractivity contribution in [3.63, 3.8) is 0 Å². The average molecular weight is 215 g/mol. The highest BCUT2D eigenvalue weighted by Gasteiger charge is 2.01. The van der Waals surface area contributed by atoms with E-state index in [1.807, 2.05) is 23.1 Å². The number of thioether (sulfide) groups is 1. The van der Waals surface area contributed by atoms with Crippen LogP contribution in [0.25, 0.3) is 0 Å². The minimum absolute atomic E-state index is 0.618. The van der Waals surface area contributed by atoms with Crippen LogP contribution >= 0.6 is 23.1 Å². The number of thiophene rings is 1. The van der Waals surface area contributed by atoms with Crippen molar-refractivity contribution in [1.29, 1.82) is 0 Å². The summed E-state index contributed by atoms with van der Waals surface area (Å²) >= 11 is 3.77. The lowest BCUT2D eigenvalue weighted by Crippen LogP contribution is -2.28. The number of nitrogens with one attached hydrogen (secondary N) is 1. The van der Waals surface area contributed by atoms with Crippen LogP contribution in [0.4, 0.5) is 0 Å². The smallest absolute Gasteiger partial charge is 0.0599 e. The minimum atomic E-state index is 0.618. The first-order valence-corrected chi connectivity index (χ1v) is 6.59. The summed E-state index contributed by atoms with van der Waals surface area (Å²) in [4.78, 5) is 0. The molecule has 1 unspecified atom stereocenters. The number of rotatable bonds is 6. The first-order valence-electron chi connectivity index (χ1n) is 4.72. The summed E-state index contributed by atoms with van der Waals surface area (Å²) in [5.74, 6) is 1.17. The SMILES string of the molecule is CCCNC(C)CSc1cccs1. The van der Waals surface area contributed by atoms with Crippen LogP contribution in [0, 0.1) is 0 Å². The Balaban J connectivity index is 2.11. The van der Waals surface area contributed by atoms with Crippen molar-refractivity contribution in [2.75, 3.05) is 12.3 Å². The summed E-state index contributed by atoms with van der Waals surface area (Å²) in [5.41, 5.74) is 0. The summed E-state index contributed by atoms with van der Waals surface area (Å²) in [6.45, 7) is 5.58. The standard InChI is InChI=1S/C10H17NS2/c1-3-6-11-9(2)8-13-10-5-4-7-12-10/h4-5,7,9,11H,3,6,8H2,1-2H3. The van der Waals surface area contributed by atoms with Gasteiger partial charge in [-0.05, 0) is 31.3 Å². The Morgan fingerprint density at radius 3 is 3.08 bits per heavy atom. The van der Waals surface area contributed by atoms with E-state index in [4.69, 9.17) is 0 Å². The third-order valence-electron chi connectivity index (χ3n) is 1.71. The van der Waals surface area contributed by atoms with E-state index in [-0.39, 0.29) is 0 Å². The lowest BCUT2D eigenvalue weighted by atomic mass is 10.3. The Morgan fingerprint density at radius 2 is 2.46 bits per heavy atom. The van der Waals surface area contributed by atoms with Crippen LogP contribution in [0.2, 0.25) is 0 Å². The van der Waals surface area contributed by atoms with Gasteiger partial charge in [0.25, 0.3) is 0 Å². The van der Waals surface area contributed by atoms with Gasteiger partial charge in [-0.25, -0.2) is 0 Å². The van der Waals surface area contributed by atoms with Gasteiger partial charge in [0.2, 0.25) is 0 Å². The summed E-state index contributed by atoms with van der Waals surface area (Å²) in [5, 5.41) is 5.61. The van der Waals surface area contributed by atoms with E-state index in [1.165, 1.54) is 16.4 Å². The largest absolute Gasteiger partial charge is 0.313 e. The first-order chi connectivity index (χ1) is 6.33. The van der Waals surface area contributed by atoms with Crippen LogP contribution in [-0.2, 0) is 0 Å². The highest BCUT2D eigenvalue weighted by Crippen LogP contribution is 2.23. The molecule has 0 fully saturated rings. The third kappa shape index (κ3) is 4.69. The number of hydrogen-bond acceptors (Lipinski definition) is 3. The molecule has 74 valence electrons. The van der Waals surface area contributed by atoms with Crippen molar-refractivity contribution in [3.05, 3.63) is 17.5 Å². The van der Waals surface area contributed by atoms with Crippen molar-refractivity contribution >= 4 is 23.1 Å². The predicted octanol–water partition coefficient (Wildman–Crippen LogP) is 3.23. The molecule has 1 aromatic heterocycles. The molecule has 0 radical (unpaired) electrons. The van der Waals surface area contributed by atoms with Gasteiger partial charge in [0, 0.05) is 11.8 Å². The molecular formula is C10H17NS2. The monoisotopic (exact) mass is 215 g/mol. The molecule has 1 atom stereocenters. The van der Waals surface area contributed by atoms with Gasteiger partial charge in [0.15, 0.2) is 0 Å². The summed E-state index contributed by atoms with van der Waals surface area (Å²) in [7, 11) is 0. The van der Waals surface area contributed by atoms with E-state index in [2.05, 4.69) is 36.7 Å². The molecule has 0 aliphatic heterocycles. The summed E-state index contributed by atoms with van der Waals surface area (Å²) in [6, 6.07) is 4.91. The molecule has 0 aliphatic carbocycles. The molecule has 1 rings (SSSR count). The zero-order valence-electron chi connectivity index (χ0n) is 8.25. The van der Waals surface area contributed by atoms with Crippen molar-refractivity contribution in [1.82, 2.24) is 5.32 Å². The fourth-order valence-corrected chi connectivity index (χ4v) is 2.80. The second-order valence-electron chi connectivity index (χ2n) is 3.10. The van der Waals surface area contributed by atoms with Crippen LogP contribution in [0.3, 0.4) is 0 Å². The molecule has 0 saturated heterocycles. The lowest BCUT2D eigenvalue weighted by molar-refractivity contribution is 0.590. The van der Waals surface area contributed by atoms with Crippen LogP contribution in [0.5, 0.6) is 0 Å². The van der Waals surface area contributed by atoms with Crippen molar-refractivity contribution in [3.8, 4) is 0 Å². The van der Waals surface area contributed by atoms with Gasteiger partial charge >= 0.3 is 0 Å². The fourth-order valence-electron chi connectivity index (χ4n) is 1.00. The van der Waals surface area contributed by atoms with Crippen molar-refractivity contribution in [2.24, 2.45) is 0 Å². The zero-order valence-corrected chi connectivity index (χ0v) is 9.88. The molecule has 0 amide bonds. The normalized spacial score (nSPS) is 13.1. The molecule has 1 aromatic rings. The maximum atomic E-state index is 3.48. The third-order valence-corrected chi connectivity index (χ3v) is 4.10. The topological polar surface area (TPSA) is 12.0 Å². The van der Waals surface area contributed by atoms with Gasteiger partial charge in [-0.2, -0.15) is 0 Å². The highest BCUT2D eigenvalue weighted by atomic mass is 32.2. The second-order valence-corrected chi connectivity index (χ2v) is 5.37. The minimum Gasteiger partial charge on any atom is -0.313 e. The lowest BCUT2D eigenvalue weighted by Gasteiger charge is -2.11. The van der Waals surface area contributed by atoms with Crippen LogP contribution in [0.15, 0.2) is 21.7 Å². The summed E-state index contributed by atoms with van der Waals surface area (Å²) in [6.07, 6.45) is 1.22. The van der Waals surface area contributed by atoms with Gasteiger partial charge in [-0.1, -0.05) is 13.0 Å². The van der Waals surface area contributed by atoms with E-state index in [0.717, 1.165) is 6.54 Å². The van der Waals surface area contributed by atoms with Crippen LogP contribution in [0.1, 0.15) is 20.3 Å². The Bertz CT molecular complexity index is 209. The van der Waals surface area contributed by atoms with Crippen molar-refractivity contribution in [2.45, 2.75) is 30.5 Å². The first kappa shape index (κ1) is 11.1. The van der Waals surface area contributed by atoms with Gasteiger partial charge < -0.3 is 5.32 Å². The Morgan fingerprint density at radius 1 is 1.62 bits per heavy atom. The quantitative estimate of drug-likeness (QED) is 0.731. The van der Waals surface area contributed by atoms with E-state index in [9.17, 15) is 0 Å². The van der Waals surface area contributed by atoms with Gasteiger partial charge in [-0.3, -0.25) is 0 Å². The Hall–Kier alpha value is 0.01000. The van der Waals surface area contributed by atoms with Crippen molar-refractivity contribution < 1.29 is 0 Å². The number of hydrogen-bond donors (Lipinski definition) is 1. The predicted molar refractivity (Wildman–Crippen MR) is 62.8 cm³/mol. The second kappa shape index (κ2) is 6.46. The fraction of sp³-hybridized carbons (Fsp3) is 0.600. The van der Waals surface area contributed by atoms with Crippen LogP contribution < -0.4 is 5.32 Å². The molecule has 0 bridgehead atoms. The Labute approximate surface area is 88.9 Å². The van der Waals surface area contributed by atoms with E-state index < -0.39 is 0 Å². The molecule has 0 saturated carbocycles. The molecule has 13 heavy (non-hydrogen) atoms. The highest BCUT2D eigenvalue weighted by molar-refractivity contribution is 8.01. The molecule has 3 heteroatoms. The van der Waals surface area contributed by atoms with E-state index >= 15 is 0 Å². The average Bonchev–Trinajstić information content (AvgIpc) is 2.64. The van der Waals surface area contributed by atoms with E-state index in [1.54, 1.807) is 0 Å². The summed E-state index contributed by atoms with van der Waals surface area (Å²) < 4.78 is 1.42. The maximum Gasteiger partial charge on any atom is 0.0599 e. The van der Waals surface area contributed by atoms with Gasteiger partial charge in [0.1, 0.15) is 0 Å².